The molecular formula is C25H28ClN9. The summed E-state index contributed by atoms with van der Waals surface area (Å²) in [5.41, 5.74) is 17.4. The molecule has 2 fully saturated rings. The van der Waals surface area contributed by atoms with Gasteiger partial charge in [-0.15, -0.1) is 0 Å². The van der Waals surface area contributed by atoms with Crippen LogP contribution in [0.5, 0.6) is 0 Å². The molecule has 3 aliphatic heterocycles. The average molecular weight is 490 g/mol. The van der Waals surface area contributed by atoms with E-state index in [-0.39, 0.29) is 5.41 Å². The summed E-state index contributed by atoms with van der Waals surface area (Å²) in [5.74, 6) is 1.94. The second-order valence-electron chi connectivity index (χ2n) is 10.2. The van der Waals surface area contributed by atoms with E-state index in [1.54, 1.807) is 0 Å². The van der Waals surface area contributed by atoms with Crippen LogP contribution in [0, 0.1) is 17.3 Å². The van der Waals surface area contributed by atoms with Crippen molar-refractivity contribution in [2.24, 2.45) is 23.0 Å². The second kappa shape index (κ2) is 7.43. The van der Waals surface area contributed by atoms with Crippen LogP contribution in [0.25, 0.3) is 22.4 Å². The number of fused-ring (bicyclic) bond motifs is 3. The summed E-state index contributed by atoms with van der Waals surface area (Å²) >= 11 is 6.78. The molecule has 1 saturated carbocycles. The van der Waals surface area contributed by atoms with Gasteiger partial charge in [0, 0.05) is 55.5 Å². The number of dihydropyridines is 1. The van der Waals surface area contributed by atoms with Crippen LogP contribution in [-0.4, -0.2) is 51.9 Å². The van der Waals surface area contributed by atoms with Crippen molar-refractivity contribution < 1.29 is 0 Å². The third-order valence-electron chi connectivity index (χ3n) is 8.26. The molecular weight excluding hydrogens is 462 g/mol. The molecule has 10 heteroatoms. The molecule has 0 spiro atoms. The molecule has 5 heterocycles. The zero-order valence-electron chi connectivity index (χ0n) is 19.8. The molecule has 0 amide bonds. The van der Waals surface area contributed by atoms with E-state index >= 15 is 0 Å². The number of piperidine rings is 1. The Kier molecular flexibility index (Phi) is 4.49. The number of anilines is 2. The van der Waals surface area contributed by atoms with Crippen LogP contribution in [0.2, 0.25) is 5.02 Å². The van der Waals surface area contributed by atoms with Gasteiger partial charge < -0.3 is 21.4 Å². The van der Waals surface area contributed by atoms with Crippen LogP contribution < -0.4 is 21.4 Å². The third-order valence-corrected chi connectivity index (χ3v) is 8.69. The molecule has 3 aromatic rings. The van der Waals surface area contributed by atoms with Gasteiger partial charge in [0.05, 0.1) is 16.9 Å². The topological polar surface area (TPSA) is 111 Å². The summed E-state index contributed by atoms with van der Waals surface area (Å²) < 4.78 is 0. The SMILES string of the molecule is CC1=CNC([C@]2(CN)[C@@H]3CN(c4cnc5c(-c6ccc7c(c6Cl)CN(C)N7)n[nH]c5n4)C[C@@H]32)=CC1. The number of rotatable bonds is 4. The van der Waals surface area contributed by atoms with Crippen LogP contribution in [0.1, 0.15) is 18.9 Å². The Morgan fingerprint density at radius 2 is 2.09 bits per heavy atom. The number of nitrogens with one attached hydrogen (secondary N) is 3. The van der Waals surface area contributed by atoms with Crippen molar-refractivity contribution in [1.82, 2.24) is 30.5 Å². The molecule has 1 saturated heterocycles. The van der Waals surface area contributed by atoms with Gasteiger partial charge in [0.2, 0.25) is 0 Å². The number of allylic oxidation sites excluding steroid dienone is 2. The van der Waals surface area contributed by atoms with Crippen LogP contribution in [0.15, 0.2) is 41.9 Å². The Labute approximate surface area is 208 Å². The van der Waals surface area contributed by atoms with Gasteiger partial charge in [0.25, 0.3) is 0 Å². The minimum atomic E-state index is 0.0691. The van der Waals surface area contributed by atoms with Crippen molar-refractivity contribution >= 4 is 34.3 Å². The summed E-state index contributed by atoms with van der Waals surface area (Å²) in [6.07, 6.45) is 7.30. The molecule has 5 N–H and O–H groups in total. The summed E-state index contributed by atoms with van der Waals surface area (Å²) in [7, 11) is 1.99. The Bertz CT molecular complexity index is 1410. The number of nitrogens with two attached hydrogens (primary N) is 1. The number of aromatic nitrogens is 4. The van der Waals surface area contributed by atoms with Crippen LogP contribution >= 0.6 is 11.6 Å². The Hall–Kier alpha value is -3.14. The van der Waals surface area contributed by atoms with E-state index < -0.39 is 0 Å². The van der Waals surface area contributed by atoms with E-state index in [0.29, 0.717) is 29.1 Å². The summed E-state index contributed by atoms with van der Waals surface area (Å²) in [6.45, 7) is 5.42. The van der Waals surface area contributed by atoms with E-state index in [9.17, 15) is 0 Å². The van der Waals surface area contributed by atoms with Crippen molar-refractivity contribution in [2.45, 2.75) is 19.9 Å². The molecule has 3 atom stereocenters. The lowest BCUT2D eigenvalue weighted by atomic mass is 9.92. The fourth-order valence-electron chi connectivity index (χ4n) is 6.32. The first-order chi connectivity index (χ1) is 17.0. The fraction of sp³-hybridized carbons (Fsp3) is 0.400. The lowest BCUT2D eigenvalue weighted by molar-refractivity contribution is 0.422. The Balaban J connectivity index is 1.14. The number of hydrazine groups is 1. The van der Waals surface area contributed by atoms with Gasteiger partial charge in [-0.1, -0.05) is 23.3 Å². The molecule has 1 aromatic carbocycles. The molecule has 2 aromatic heterocycles. The normalized spacial score (nSPS) is 27.3. The smallest absolute Gasteiger partial charge is 0.177 e. The van der Waals surface area contributed by atoms with Gasteiger partial charge in [-0.05, 0) is 43.5 Å². The first-order valence-electron chi connectivity index (χ1n) is 12.1. The first kappa shape index (κ1) is 21.2. The van der Waals surface area contributed by atoms with Crippen molar-refractivity contribution in [3.05, 3.63) is 52.5 Å². The highest BCUT2D eigenvalue weighted by Gasteiger charge is 2.69. The molecule has 4 aliphatic rings. The maximum Gasteiger partial charge on any atom is 0.177 e. The Morgan fingerprint density at radius 1 is 1.26 bits per heavy atom. The molecule has 9 nitrogen and oxygen atoms in total. The molecule has 180 valence electrons. The average Bonchev–Trinajstić information content (AvgIpc) is 3.31. The summed E-state index contributed by atoms with van der Waals surface area (Å²) in [4.78, 5) is 12.0. The van der Waals surface area contributed by atoms with E-state index in [1.165, 1.54) is 11.3 Å². The minimum Gasteiger partial charge on any atom is -0.365 e. The van der Waals surface area contributed by atoms with Crippen molar-refractivity contribution in [1.29, 1.82) is 0 Å². The number of hydrogen-bond donors (Lipinski definition) is 4. The zero-order chi connectivity index (χ0) is 23.9. The summed E-state index contributed by atoms with van der Waals surface area (Å²) in [6, 6.07) is 4.03. The number of hydrogen-bond acceptors (Lipinski definition) is 8. The highest BCUT2D eigenvalue weighted by molar-refractivity contribution is 6.34. The van der Waals surface area contributed by atoms with E-state index in [2.05, 4.69) is 45.0 Å². The quantitative estimate of drug-likeness (QED) is 0.442. The predicted octanol–water partition coefficient (Wildman–Crippen LogP) is 3.24. The van der Waals surface area contributed by atoms with Crippen molar-refractivity contribution in [3.63, 3.8) is 0 Å². The highest BCUT2D eigenvalue weighted by atomic mass is 35.5. The zero-order valence-corrected chi connectivity index (χ0v) is 20.5. The monoisotopic (exact) mass is 489 g/mol. The number of aromatic amines is 1. The third kappa shape index (κ3) is 2.98. The van der Waals surface area contributed by atoms with Gasteiger partial charge in [-0.2, -0.15) is 5.10 Å². The van der Waals surface area contributed by atoms with Gasteiger partial charge in [0.15, 0.2) is 5.65 Å². The molecule has 7 rings (SSSR count). The standard InChI is InChI=1S/C25H28ClN9/c1-13-3-6-19(28-7-13)25(12-27)16-10-35(11-17(16)25)20-8-29-23-22(31-32-24(23)30-20)14-4-5-18-15(21(14)26)9-34(2)33-18/h4-8,16-17,28,33H,3,9-12,27H2,1-2H3,(H,30,31,32)/t16-,17+,25-. The largest absolute Gasteiger partial charge is 0.365 e. The maximum absolute atomic E-state index is 6.78. The van der Waals surface area contributed by atoms with Crippen LogP contribution in [-0.2, 0) is 6.54 Å². The van der Waals surface area contributed by atoms with Crippen LogP contribution in [0.3, 0.4) is 0 Å². The minimum absolute atomic E-state index is 0.0691. The summed E-state index contributed by atoms with van der Waals surface area (Å²) in [5, 5.41) is 13.8. The maximum atomic E-state index is 6.78. The van der Waals surface area contributed by atoms with E-state index in [4.69, 9.17) is 27.3 Å². The first-order valence-corrected chi connectivity index (χ1v) is 12.5. The number of benzene rings is 1. The highest BCUT2D eigenvalue weighted by Crippen LogP contribution is 2.66. The van der Waals surface area contributed by atoms with E-state index in [0.717, 1.165) is 59.9 Å². The molecule has 1 aliphatic carbocycles. The fourth-order valence-corrected chi connectivity index (χ4v) is 6.63. The van der Waals surface area contributed by atoms with Gasteiger partial charge in [-0.3, -0.25) is 5.10 Å². The number of halogens is 1. The van der Waals surface area contributed by atoms with Crippen molar-refractivity contribution in [3.8, 4) is 11.3 Å². The molecule has 0 unspecified atom stereocenters. The number of nitrogens with zero attached hydrogens (tertiary/aromatic N) is 5. The lowest BCUT2D eigenvalue weighted by Crippen LogP contribution is -2.37. The Morgan fingerprint density at radius 3 is 2.83 bits per heavy atom. The number of H-pyrrole nitrogens is 1. The molecule has 35 heavy (non-hydrogen) atoms. The van der Waals surface area contributed by atoms with Gasteiger partial charge in [-0.25, -0.2) is 15.0 Å². The molecule has 0 bridgehead atoms. The van der Waals surface area contributed by atoms with Crippen LogP contribution in [0.4, 0.5) is 11.5 Å². The predicted molar refractivity (Wildman–Crippen MR) is 137 cm³/mol. The molecule has 0 radical (unpaired) electrons. The van der Waals surface area contributed by atoms with Gasteiger partial charge >= 0.3 is 0 Å². The second-order valence-corrected chi connectivity index (χ2v) is 10.6. The van der Waals surface area contributed by atoms with E-state index in [1.807, 2.05) is 30.4 Å². The van der Waals surface area contributed by atoms with Gasteiger partial charge in [0.1, 0.15) is 17.0 Å². The van der Waals surface area contributed by atoms with Crippen molar-refractivity contribution in [2.75, 3.05) is 37.0 Å². The lowest BCUT2D eigenvalue weighted by Gasteiger charge is -2.30.